The first kappa shape index (κ1) is 18.1. The van der Waals surface area contributed by atoms with Crippen LogP contribution in [0.15, 0.2) is 12.3 Å². The minimum absolute atomic E-state index is 0.419. The summed E-state index contributed by atoms with van der Waals surface area (Å²) < 4.78 is 69.6. The number of carbonyl (C=O) groups excluding carboxylic acids is 2. The highest BCUT2D eigenvalue weighted by atomic mass is 19.4. The second kappa shape index (κ2) is 6.33. The van der Waals surface area contributed by atoms with Gasteiger partial charge in [-0.15, -0.1) is 0 Å². The molecule has 10 heteroatoms. The van der Waals surface area contributed by atoms with Crippen molar-refractivity contribution in [1.82, 2.24) is 4.98 Å². The highest BCUT2D eigenvalue weighted by molar-refractivity contribution is 6.01. The van der Waals surface area contributed by atoms with E-state index in [2.05, 4.69) is 9.72 Å². The smallest absolute Gasteiger partial charge is 0.417 e. The molecule has 0 aliphatic carbocycles. The molecule has 24 heavy (non-hydrogen) atoms. The van der Waals surface area contributed by atoms with E-state index in [1.807, 2.05) is 0 Å². The number of nitrogens with zero attached hydrogens (tertiary/aromatic N) is 2. The zero-order valence-electron chi connectivity index (χ0n) is 12.5. The van der Waals surface area contributed by atoms with Crippen molar-refractivity contribution < 1.29 is 36.3 Å². The Morgan fingerprint density at radius 1 is 1.33 bits per heavy atom. The quantitative estimate of drug-likeness (QED) is 0.606. The van der Waals surface area contributed by atoms with E-state index in [0.29, 0.717) is 12.3 Å². The van der Waals surface area contributed by atoms with Gasteiger partial charge in [-0.25, -0.2) is 18.6 Å². The molecule has 0 radical (unpaired) electrons. The van der Waals surface area contributed by atoms with Crippen molar-refractivity contribution in [2.75, 3.05) is 18.6 Å². The van der Waals surface area contributed by atoms with Gasteiger partial charge in [0, 0.05) is 32.0 Å². The molecule has 0 N–H and O–H groups in total. The second-order valence-corrected chi connectivity index (χ2v) is 5.24. The van der Waals surface area contributed by atoms with Gasteiger partial charge in [-0.1, -0.05) is 0 Å². The third-order valence-corrected chi connectivity index (χ3v) is 3.56. The molecule has 1 aliphatic rings. The van der Waals surface area contributed by atoms with Gasteiger partial charge in [0.05, 0.1) is 12.7 Å². The lowest BCUT2D eigenvalue weighted by atomic mass is 10.1. The summed E-state index contributed by atoms with van der Waals surface area (Å²) in [5, 5.41) is 0. The van der Waals surface area contributed by atoms with Gasteiger partial charge >= 0.3 is 12.1 Å². The second-order valence-electron chi connectivity index (χ2n) is 5.24. The van der Waals surface area contributed by atoms with Gasteiger partial charge in [0.15, 0.2) is 0 Å². The van der Waals surface area contributed by atoms with Gasteiger partial charge in [0.2, 0.25) is 11.8 Å². The molecule has 1 amide bonds. The van der Waals surface area contributed by atoms with Crippen molar-refractivity contribution in [1.29, 1.82) is 0 Å². The number of anilines is 1. The summed E-state index contributed by atoms with van der Waals surface area (Å²) in [4.78, 5) is 28.1. The Kier molecular flexibility index (Phi) is 4.77. The lowest BCUT2D eigenvalue weighted by molar-refractivity contribution is -0.137. The van der Waals surface area contributed by atoms with Crippen molar-refractivity contribution in [2.24, 2.45) is 0 Å². The fourth-order valence-electron chi connectivity index (χ4n) is 2.26. The van der Waals surface area contributed by atoms with E-state index in [0.717, 1.165) is 12.0 Å². The molecule has 0 atom stereocenters. The van der Waals surface area contributed by atoms with Crippen LogP contribution in [0.1, 0.15) is 35.2 Å². The maximum absolute atomic E-state index is 13.4. The van der Waals surface area contributed by atoms with Crippen LogP contribution >= 0.6 is 0 Å². The van der Waals surface area contributed by atoms with E-state index in [1.54, 1.807) is 0 Å². The average Bonchev–Trinajstić information content (AvgIpc) is 2.64. The summed E-state index contributed by atoms with van der Waals surface area (Å²) in [6.45, 7) is -0.464. The van der Waals surface area contributed by atoms with E-state index in [4.69, 9.17) is 0 Å². The number of ether oxygens (including phenoxy) is 1. The Hall–Kier alpha value is -2.26. The number of rotatable bonds is 2. The monoisotopic (exact) mass is 352 g/mol. The number of hydrogen-bond donors (Lipinski definition) is 0. The number of pyridine rings is 1. The van der Waals surface area contributed by atoms with E-state index < -0.39 is 66.7 Å². The van der Waals surface area contributed by atoms with Gasteiger partial charge in [0.25, 0.3) is 0 Å². The van der Waals surface area contributed by atoms with Gasteiger partial charge in [0.1, 0.15) is 11.4 Å². The van der Waals surface area contributed by atoms with Crippen LogP contribution in [0.5, 0.6) is 0 Å². The van der Waals surface area contributed by atoms with Crippen molar-refractivity contribution in [2.45, 2.75) is 31.4 Å². The van der Waals surface area contributed by atoms with Gasteiger partial charge in [-0.3, -0.25) is 9.69 Å². The van der Waals surface area contributed by atoms with Crippen LogP contribution in [0.3, 0.4) is 0 Å². The largest absolute Gasteiger partial charge is 0.465 e. The molecule has 2 heterocycles. The number of aromatic nitrogens is 1. The lowest BCUT2D eigenvalue weighted by Crippen LogP contribution is -2.33. The standard InChI is InChI=1S/C14H13F5N2O3/c1-24-12(23)9-6-8(14(17,18)19)7-20-11(9)21-5-4-13(15,16)3-2-10(21)22/h6-7H,2-5H2,1H3. The Morgan fingerprint density at radius 3 is 2.58 bits per heavy atom. The normalized spacial score (nSPS) is 18.2. The fourth-order valence-corrected chi connectivity index (χ4v) is 2.26. The molecule has 1 aromatic rings. The Bertz CT molecular complexity index is 660. The number of hydrogen-bond acceptors (Lipinski definition) is 4. The van der Waals surface area contributed by atoms with Gasteiger partial charge in [-0.2, -0.15) is 13.2 Å². The Labute approximate surface area is 133 Å². The van der Waals surface area contributed by atoms with Crippen molar-refractivity contribution >= 4 is 17.7 Å². The van der Waals surface area contributed by atoms with Crippen LogP contribution in [-0.2, 0) is 15.7 Å². The molecule has 0 spiro atoms. The summed E-state index contributed by atoms with van der Waals surface area (Å²) in [5.41, 5.74) is -1.81. The van der Waals surface area contributed by atoms with Gasteiger partial charge < -0.3 is 4.74 Å². The molecule has 0 saturated carbocycles. The number of halogens is 5. The highest BCUT2D eigenvalue weighted by Gasteiger charge is 2.38. The SMILES string of the molecule is COC(=O)c1cc(C(F)(F)F)cnc1N1CCC(F)(F)CCC1=O. The molecule has 1 saturated heterocycles. The topological polar surface area (TPSA) is 59.5 Å². The zero-order valence-corrected chi connectivity index (χ0v) is 12.5. The minimum atomic E-state index is -4.76. The molecule has 1 aromatic heterocycles. The Balaban J connectivity index is 2.48. The number of esters is 1. The van der Waals surface area contributed by atoms with Crippen molar-refractivity contribution in [3.05, 3.63) is 23.4 Å². The Morgan fingerprint density at radius 2 is 2.00 bits per heavy atom. The predicted octanol–water partition coefficient (Wildman–Crippen LogP) is 3.04. The third-order valence-electron chi connectivity index (χ3n) is 3.56. The molecule has 132 valence electrons. The first-order valence-electron chi connectivity index (χ1n) is 6.89. The van der Waals surface area contributed by atoms with Crippen LogP contribution in [-0.4, -0.2) is 36.4 Å². The van der Waals surface area contributed by atoms with Crippen LogP contribution in [0, 0.1) is 0 Å². The highest BCUT2D eigenvalue weighted by Crippen LogP contribution is 2.34. The van der Waals surface area contributed by atoms with E-state index >= 15 is 0 Å². The first-order valence-corrected chi connectivity index (χ1v) is 6.89. The lowest BCUT2D eigenvalue weighted by Gasteiger charge is -2.22. The molecular weight excluding hydrogens is 339 g/mol. The maximum Gasteiger partial charge on any atom is 0.417 e. The number of amides is 1. The summed E-state index contributed by atoms with van der Waals surface area (Å²) in [5.74, 6) is -5.38. The summed E-state index contributed by atoms with van der Waals surface area (Å²) in [6.07, 6.45) is -6.17. The number of alkyl halides is 5. The van der Waals surface area contributed by atoms with Gasteiger partial charge in [-0.05, 0) is 6.07 Å². The molecule has 1 aliphatic heterocycles. The molecule has 2 rings (SSSR count). The van der Waals surface area contributed by atoms with Crippen LogP contribution < -0.4 is 4.90 Å². The molecular formula is C14H13F5N2O3. The van der Waals surface area contributed by atoms with Crippen molar-refractivity contribution in [3.8, 4) is 0 Å². The van der Waals surface area contributed by atoms with Crippen molar-refractivity contribution in [3.63, 3.8) is 0 Å². The van der Waals surface area contributed by atoms with Crippen LogP contribution in [0.2, 0.25) is 0 Å². The van der Waals surface area contributed by atoms with Crippen LogP contribution in [0.25, 0.3) is 0 Å². The molecule has 0 bridgehead atoms. The zero-order chi connectivity index (χ0) is 18.1. The molecule has 0 unspecified atom stereocenters. The fraction of sp³-hybridized carbons (Fsp3) is 0.500. The van der Waals surface area contributed by atoms with E-state index in [9.17, 15) is 31.5 Å². The number of methoxy groups -OCH3 is 1. The maximum atomic E-state index is 13.4. The summed E-state index contributed by atoms with van der Waals surface area (Å²) >= 11 is 0. The third kappa shape index (κ3) is 3.80. The minimum Gasteiger partial charge on any atom is -0.465 e. The van der Waals surface area contributed by atoms with Crippen LogP contribution in [0.4, 0.5) is 27.8 Å². The predicted molar refractivity (Wildman–Crippen MR) is 71.7 cm³/mol. The molecule has 0 aromatic carbocycles. The van der Waals surface area contributed by atoms with E-state index in [-0.39, 0.29) is 0 Å². The summed E-state index contributed by atoms with van der Waals surface area (Å²) in [7, 11) is 0.949. The average molecular weight is 352 g/mol. The molecule has 5 nitrogen and oxygen atoms in total. The first-order chi connectivity index (χ1) is 11.0. The molecule has 1 fully saturated rings. The van der Waals surface area contributed by atoms with E-state index in [1.165, 1.54) is 0 Å². The summed E-state index contributed by atoms with van der Waals surface area (Å²) in [6, 6.07) is 0.491. The number of carbonyl (C=O) groups is 2.